The molecule has 1 aliphatic heterocycles. The number of methoxy groups -OCH3 is 1. The fraction of sp³-hybridized carbons (Fsp3) is 0.500. The minimum atomic E-state index is -1.49. The van der Waals surface area contributed by atoms with Gasteiger partial charge in [0.2, 0.25) is 11.7 Å². The van der Waals surface area contributed by atoms with E-state index in [0.717, 1.165) is 49.7 Å². The number of aliphatic hydroxyl groups is 3. The number of ether oxygens (including phenoxy) is 5. The van der Waals surface area contributed by atoms with Gasteiger partial charge in [0.1, 0.15) is 35.6 Å². The van der Waals surface area contributed by atoms with Crippen molar-refractivity contribution in [3.8, 4) is 23.0 Å². The first-order valence-electron chi connectivity index (χ1n) is 22.9. The standard InChI is InChI=1S/C50H61N3O13/c1-3-24-63-50-46(52(20-25-62-26-23-56)49(58)34-12-13-34)30-43(51-64-32-33-10-14-37(15-11-33)53(59)60)41-28-35(8-4-6-21-54)40(9-5-7-22-55)47(48(41)50)42-29-39(17-19-45(42)66-50)65-38-16-18-44(61-2)36(27-38)31-57/h3,10-11,14-19,27-29,31,34-35,40,46-48,54-56H,1,4-9,12-13,20-26,30,32H2,2H3/t35-,40+,46-,47+,48+,50+/m0/s1. The lowest BCUT2D eigenvalue weighted by atomic mass is 9.55. The highest BCUT2D eigenvalue weighted by Gasteiger charge is 2.66. The lowest BCUT2D eigenvalue weighted by Gasteiger charge is -2.60. The summed E-state index contributed by atoms with van der Waals surface area (Å²) in [5, 5.41) is 45.7. The van der Waals surface area contributed by atoms with Gasteiger partial charge in [0, 0.05) is 55.7 Å². The minimum absolute atomic E-state index is 0.0201. The molecule has 0 saturated heterocycles. The Morgan fingerprint density at radius 3 is 2.41 bits per heavy atom. The topological polar surface area (TPSA) is 209 Å². The minimum Gasteiger partial charge on any atom is -0.496 e. The van der Waals surface area contributed by atoms with Crippen LogP contribution in [0.3, 0.4) is 0 Å². The van der Waals surface area contributed by atoms with Crippen molar-refractivity contribution in [3.05, 3.63) is 112 Å². The van der Waals surface area contributed by atoms with Gasteiger partial charge < -0.3 is 48.7 Å². The van der Waals surface area contributed by atoms with E-state index in [1.54, 1.807) is 42.5 Å². The predicted octanol–water partition coefficient (Wildman–Crippen LogP) is 7.29. The number of allylic oxidation sites excluding steroid dienone is 1. The zero-order valence-corrected chi connectivity index (χ0v) is 37.5. The lowest BCUT2D eigenvalue weighted by molar-refractivity contribution is -0.384. The Kier molecular flexibility index (Phi) is 16.6. The molecule has 2 saturated carbocycles. The summed E-state index contributed by atoms with van der Waals surface area (Å²) in [7, 11) is 1.50. The van der Waals surface area contributed by atoms with Gasteiger partial charge in [-0.25, -0.2) is 0 Å². The monoisotopic (exact) mass is 911 g/mol. The first-order chi connectivity index (χ1) is 32.2. The molecule has 0 radical (unpaired) electrons. The third-order valence-electron chi connectivity index (χ3n) is 13.1. The van der Waals surface area contributed by atoms with Gasteiger partial charge in [-0.1, -0.05) is 30.1 Å². The number of oxime groups is 1. The quantitative estimate of drug-likeness (QED) is 0.0238. The number of fused-ring (bicyclic) bond motifs is 2. The summed E-state index contributed by atoms with van der Waals surface area (Å²) in [6.45, 7) is 4.47. The van der Waals surface area contributed by atoms with Crippen molar-refractivity contribution in [2.24, 2.45) is 28.8 Å². The Balaban J connectivity index is 1.41. The zero-order valence-electron chi connectivity index (χ0n) is 37.5. The van der Waals surface area contributed by atoms with Crippen molar-refractivity contribution in [1.82, 2.24) is 4.90 Å². The molecule has 1 heterocycles. The van der Waals surface area contributed by atoms with Gasteiger partial charge in [0.25, 0.3) is 5.69 Å². The highest BCUT2D eigenvalue weighted by molar-refractivity contribution is 6.03. The molecule has 354 valence electrons. The Morgan fingerprint density at radius 1 is 0.985 bits per heavy atom. The summed E-state index contributed by atoms with van der Waals surface area (Å²) in [6.07, 6.45) is 10.5. The maximum Gasteiger partial charge on any atom is 0.269 e. The molecule has 2 fully saturated rings. The predicted molar refractivity (Wildman–Crippen MR) is 244 cm³/mol. The highest BCUT2D eigenvalue weighted by Crippen LogP contribution is 2.62. The van der Waals surface area contributed by atoms with Crippen molar-refractivity contribution in [2.45, 2.75) is 82.1 Å². The third-order valence-corrected chi connectivity index (χ3v) is 13.1. The van der Waals surface area contributed by atoms with Crippen LogP contribution < -0.4 is 14.2 Å². The summed E-state index contributed by atoms with van der Waals surface area (Å²) < 4.78 is 32.0. The molecule has 3 N–H and O–H groups in total. The number of aldehydes is 1. The normalized spacial score (nSPS) is 23.4. The van der Waals surface area contributed by atoms with E-state index in [-0.39, 0.29) is 94.5 Å². The van der Waals surface area contributed by atoms with Crippen LogP contribution in [0.5, 0.6) is 23.0 Å². The number of carbonyl (C=O) groups is 2. The van der Waals surface area contributed by atoms with Crippen LogP contribution in [0.1, 0.15) is 85.2 Å². The number of non-ortho nitro benzene ring substituents is 1. The number of hydrogen-bond acceptors (Lipinski definition) is 14. The van der Waals surface area contributed by atoms with Gasteiger partial charge in [-0.05, 0) is 110 Å². The van der Waals surface area contributed by atoms with Gasteiger partial charge in [0.05, 0.1) is 55.7 Å². The molecule has 0 spiro atoms. The number of rotatable bonds is 26. The van der Waals surface area contributed by atoms with Gasteiger partial charge in [-0.2, -0.15) is 0 Å². The van der Waals surface area contributed by atoms with E-state index in [1.807, 2.05) is 17.0 Å². The van der Waals surface area contributed by atoms with Crippen LogP contribution in [-0.4, -0.2) is 108 Å². The van der Waals surface area contributed by atoms with E-state index in [4.69, 9.17) is 33.7 Å². The number of nitro groups is 1. The SMILES string of the molecule is C=CCO[C@@]12Oc3ccc(Oc4ccc(OC)c(C=O)c4)cc3[C@H]3[C@H](CCCCO)[C@@H](CCCCO)C=C(C(=NOCc4ccc([N+](=O)[O-])cc4)C[C@@H]1N(CCOCCO)C(=O)C1CC1)[C@H]32. The fourth-order valence-corrected chi connectivity index (χ4v) is 9.93. The van der Waals surface area contributed by atoms with E-state index in [2.05, 4.69) is 12.7 Å². The van der Waals surface area contributed by atoms with Crippen LogP contribution in [0.4, 0.5) is 5.69 Å². The van der Waals surface area contributed by atoms with Crippen LogP contribution in [0, 0.1) is 33.8 Å². The fourth-order valence-electron chi connectivity index (χ4n) is 9.93. The summed E-state index contributed by atoms with van der Waals surface area (Å²) in [6, 6.07) is 16.0. The largest absolute Gasteiger partial charge is 0.496 e. The maximum absolute atomic E-state index is 14.6. The molecule has 3 aliphatic carbocycles. The molecule has 0 aromatic heterocycles. The Hall–Kier alpha value is -5.65. The van der Waals surface area contributed by atoms with E-state index in [0.29, 0.717) is 59.0 Å². The number of nitrogens with zero attached hydrogens (tertiary/aromatic N) is 3. The molecule has 0 unspecified atom stereocenters. The van der Waals surface area contributed by atoms with Crippen LogP contribution in [0.25, 0.3) is 0 Å². The number of carbonyl (C=O) groups excluding carboxylic acids is 2. The van der Waals surface area contributed by atoms with Crippen LogP contribution >= 0.6 is 0 Å². The molecule has 3 aromatic carbocycles. The second-order valence-electron chi connectivity index (χ2n) is 17.2. The molecule has 66 heavy (non-hydrogen) atoms. The number of aliphatic hydroxyl groups excluding tert-OH is 3. The number of amides is 1. The Morgan fingerprint density at radius 2 is 1.73 bits per heavy atom. The summed E-state index contributed by atoms with van der Waals surface area (Å²) in [4.78, 5) is 45.5. The maximum atomic E-state index is 14.6. The van der Waals surface area contributed by atoms with Crippen molar-refractivity contribution in [3.63, 3.8) is 0 Å². The molecular formula is C50H61N3O13. The first-order valence-corrected chi connectivity index (χ1v) is 22.9. The molecule has 7 rings (SSSR count). The van der Waals surface area contributed by atoms with Crippen molar-refractivity contribution < 1.29 is 58.4 Å². The van der Waals surface area contributed by atoms with Gasteiger partial charge in [-0.3, -0.25) is 19.7 Å². The average molecular weight is 912 g/mol. The smallest absolute Gasteiger partial charge is 0.269 e. The molecule has 16 nitrogen and oxygen atoms in total. The molecule has 1 amide bonds. The Labute approximate surface area is 384 Å². The second-order valence-corrected chi connectivity index (χ2v) is 17.2. The summed E-state index contributed by atoms with van der Waals surface area (Å²) in [5.74, 6) is -0.812. The lowest BCUT2D eigenvalue weighted by Crippen LogP contribution is -2.70. The van der Waals surface area contributed by atoms with Crippen molar-refractivity contribution in [2.75, 3.05) is 53.3 Å². The number of unbranched alkanes of at least 4 members (excludes halogenated alkanes) is 2. The van der Waals surface area contributed by atoms with Gasteiger partial charge >= 0.3 is 0 Å². The molecule has 4 aliphatic rings. The molecular weight excluding hydrogens is 851 g/mol. The van der Waals surface area contributed by atoms with Crippen LogP contribution in [-0.2, 0) is 25.7 Å². The highest BCUT2D eigenvalue weighted by atomic mass is 16.7. The van der Waals surface area contributed by atoms with Gasteiger partial charge in [0.15, 0.2) is 6.29 Å². The van der Waals surface area contributed by atoms with Crippen molar-refractivity contribution in [1.29, 1.82) is 0 Å². The Bertz CT molecular complexity index is 2230. The molecule has 16 heteroatoms. The number of hydrogen-bond donors (Lipinski definition) is 3. The molecule has 3 aromatic rings. The third kappa shape index (κ3) is 10.8. The molecule has 0 bridgehead atoms. The van der Waals surface area contributed by atoms with Gasteiger partial charge in [-0.15, -0.1) is 6.58 Å². The van der Waals surface area contributed by atoms with Crippen LogP contribution in [0.15, 0.2) is 90.1 Å². The average Bonchev–Trinajstić information content (AvgIpc) is 4.19. The number of nitro benzene ring substituents is 1. The summed E-state index contributed by atoms with van der Waals surface area (Å²) in [5.41, 5.74) is 3.26. The van der Waals surface area contributed by atoms with E-state index in [9.17, 15) is 35.0 Å². The van der Waals surface area contributed by atoms with E-state index in [1.165, 1.54) is 19.2 Å². The first kappa shape index (κ1) is 48.3. The van der Waals surface area contributed by atoms with Crippen molar-refractivity contribution >= 4 is 23.6 Å². The number of benzene rings is 3. The molecule has 6 atom stereocenters. The second kappa shape index (κ2) is 22.7. The van der Waals surface area contributed by atoms with E-state index < -0.39 is 22.7 Å². The summed E-state index contributed by atoms with van der Waals surface area (Å²) >= 11 is 0. The van der Waals surface area contributed by atoms with E-state index >= 15 is 0 Å². The van der Waals surface area contributed by atoms with Crippen LogP contribution in [0.2, 0.25) is 0 Å². The zero-order chi connectivity index (χ0) is 46.6.